The molecule has 1 aliphatic carbocycles. The van der Waals surface area contributed by atoms with Crippen molar-refractivity contribution in [2.75, 3.05) is 5.32 Å². The van der Waals surface area contributed by atoms with Crippen LogP contribution in [0.1, 0.15) is 32.1 Å². The lowest BCUT2D eigenvalue weighted by atomic mass is 9.98. The van der Waals surface area contributed by atoms with E-state index in [-0.39, 0.29) is 17.4 Å². The average Bonchev–Trinajstić information content (AvgIpc) is 2.52. The zero-order valence-electron chi connectivity index (χ0n) is 11.6. The summed E-state index contributed by atoms with van der Waals surface area (Å²) in [5.74, 6) is -0.202. The standard InChI is InChI=1S/C16H16FN3O/c17-15-8-13(20-11-12(9-18)10-19)6-7-16(15)21-14-4-2-1-3-5-14/h6-8,11,14,20H,1-5H2. The molecule has 0 saturated heterocycles. The van der Waals surface area contributed by atoms with E-state index in [9.17, 15) is 4.39 Å². The van der Waals surface area contributed by atoms with Crippen LogP contribution in [-0.2, 0) is 0 Å². The smallest absolute Gasteiger partial charge is 0.167 e. The molecule has 0 atom stereocenters. The monoisotopic (exact) mass is 285 g/mol. The first kappa shape index (κ1) is 14.9. The van der Waals surface area contributed by atoms with E-state index in [1.807, 2.05) is 0 Å². The third-order valence-corrected chi connectivity index (χ3v) is 3.40. The van der Waals surface area contributed by atoms with Gasteiger partial charge in [0.05, 0.1) is 6.10 Å². The largest absolute Gasteiger partial charge is 0.487 e. The van der Waals surface area contributed by atoms with Crippen molar-refractivity contribution < 1.29 is 9.13 Å². The highest BCUT2D eigenvalue weighted by molar-refractivity contribution is 5.51. The Morgan fingerprint density at radius 2 is 1.95 bits per heavy atom. The van der Waals surface area contributed by atoms with Gasteiger partial charge in [0, 0.05) is 18.0 Å². The molecule has 0 aliphatic heterocycles. The number of anilines is 1. The fourth-order valence-corrected chi connectivity index (χ4v) is 2.29. The molecule has 0 unspecified atom stereocenters. The highest BCUT2D eigenvalue weighted by atomic mass is 19.1. The molecule has 1 saturated carbocycles. The Labute approximate surface area is 123 Å². The van der Waals surface area contributed by atoms with Crippen LogP contribution in [0.4, 0.5) is 10.1 Å². The van der Waals surface area contributed by atoms with E-state index in [2.05, 4.69) is 5.32 Å². The predicted molar refractivity (Wildman–Crippen MR) is 76.8 cm³/mol. The summed E-state index contributed by atoms with van der Waals surface area (Å²) in [6.45, 7) is 0. The fraction of sp³-hybridized carbons (Fsp3) is 0.375. The lowest BCUT2D eigenvalue weighted by Gasteiger charge is -2.23. The second-order valence-electron chi connectivity index (χ2n) is 4.95. The summed E-state index contributed by atoms with van der Waals surface area (Å²) in [5.41, 5.74) is 0.393. The van der Waals surface area contributed by atoms with Crippen molar-refractivity contribution in [3.8, 4) is 17.9 Å². The van der Waals surface area contributed by atoms with Gasteiger partial charge in [0.2, 0.25) is 0 Å². The van der Waals surface area contributed by atoms with Gasteiger partial charge in [-0.15, -0.1) is 0 Å². The van der Waals surface area contributed by atoms with Crippen molar-refractivity contribution in [3.63, 3.8) is 0 Å². The van der Waals surface area contributed by atoms with Crippen LogP contribution < -0.4 is 10.1 Å². The van der Waals surface area contributed by atoms with Crippen molar-refractivity contribution in [3.05, 3.63) is 35.8 Å². The van der Waals surface area contributed by atoms with Crippen LogP contribution in [0.3, 0.4) is 0 Å². The van der Waals surface area contributed by atoms with Crippen molar-refractivity contribution in [2.45, 2.75) is 38.2 Å². The Bertz CT molecular complexity index is 591. The summed E-state index contributed by atoms with van der Waals surface area (Å²) in [6.07, 6.45) is 6.75. The van der Waals surface area contributed by atoms with E-state index in [4.69, 9.17) is 15.3 Å². The molecular weight excluding hydrogens is 269 g/mol. The fourth-order valence-electron chi connectivity index (χ4n) is 2.29. The average molecular weight is 285 g/mol. The molecule has 0 aromatic heterocycles. The zero-order valence-corrected chi connectivity index (χ0v) is 11.6. The van der Waals surface area contributed by atoms with Crippen molar-refractivity contribution in [1.29, 1.82) is 10.5 Å². The number of allylic oxidation sites excluding steroid dienone is 1. The quantitative estimate of drug-likeness (QED) is 0.852. The highest BCUT2D eigenvalue weighted by Gasteiger charge is 2.16. The van der Waals surface area contributed by atoms with Gasteiger partial charge in [0.25, 0.3) is 0 Å². The van der Waals surface area contributed by atoms with Gasteiger partial charge in [-0.25, -0.2) is 4.39 Å². The van der Waals surface area contributed by atoms with Crippen LogP contribution in [0.5, 0.6) is 5.75 Å². The molecule has 0 amide bonds. The Morgan fingerprint density at radius 1 is 1.24 bits per heavy atom. The molecule has 0 heterocycles. The van der Waals surface area contributed by atoms with E-state index in [1.54, 1.807) is 24.3 Å². The van der Waals surface area contributed by atoms with E-state index in [0.717, 1.165) is 25.7 Å². The minimum Gasteiger partial charge on any atom is -0.487 e. The molecule has 5 heteroatoms. The summed E-state index contributed by atoms with van der Waals surface area (Å²) < 4.78 is 19.7. The lowest BCUT2D eigenvalue weighted by molar-refractivity contribution is 0.149. The van der Waals surface area contributed by atoms with Gasteiger partial charge in [-0.2, -0.15) is 10.5 Å². The van der Waals surface area contributed by atoms with Gasteiger partial charge >= 0.3 is 0 Å². The zero-order chi connectivity index (χ0) is 15.1. The summed E-state index contributed by atoms with van der Waals surface area (Å²) in [7, 11) is 0. The molecule has 2 rings (SSSR count). The van der Waals surface area contributed by atoms with Crippen LogP contribution in [0, 0.1) is 28.5 Å². The van der Waals surface area contributed by atoms with E-state index in [1.165, 1.54) is 18.7 Å². The van der Waals surface area contributed by atoms with Gasteiger partial charge in [-0.1, -0.05) is 6.42 Å². The number of rotatable bonds is 4. The number of ether oxygens (including phenoxy) is 1. The number of nitrogens with zero attached hydrogens (tertiary/aromatic N) is 2. The number of nitrogens with one attached hydrogen (secondary N) is 1. The van der Waals surface area contributed by atoms with Crippen LogP contribution >= 0.6 is 0 Å². The topological polar surface area (TPSA) is 68.8 Å². The SMILES string of the molecule is N#CC(C#N)=CNc1ccc(OC2CCCCC2)c(F)c1. The Hall–Kier alpha value is -2.53. The highest BCUT2D eigenvalue weighted by Crippen LogP contribution is 2.27. The maximum absolute atomic E-state index is 14.0. The summed E-state index contributed by atoms with van der Waals surface area (Å²) in [5, 5.41) is 19.9. The molecule has 1 aliphatic rings. The summed E-state index contributed by atoms with van der Waals surface area (Å²) in [6, 6.07) is 7.96. The summed E-state index contributed by atoms with van der Waals surface area (Å²) >= 11 is 0. The first-order chi connectivity index (χ1) is 10.2. The normalized spacial score (nSPS) is 14.6. The maximum Gasteiger partial charge on any atom is 0.167 e. The number of halogens is 1. The molecule has 0 bridgehead atoms. The van der Waals surface area contributed by atoms with Crippen molar-refractivity contribution >= 4 is 5.69 Å². The Balaban J connectivity index is 2.02. The van der Waals surface area contributed by atoms with Crippen molar-refractivity contribution in [2.24, 2.45) is 0 Å². The third kappa shape index (κ3) is 4.22. The number of benzene rings is 1. The lowest BCUT2D eigenvalue weighted by Crippen LogP contribution is -2.20. The van der Waals surface area contributed by atoms with Gasteiger partial charge in [0.15, 0.2) is 11.6 Å². The molecule has 0 spiro atoms. The number of hydrogen-bond acceptors (Lipinski definition) is 4. The molecule has 0 radical (unpaired) electrons. The molecule has 1 aromatic carbocycles. The second-order valence-corrected chi connectivity index (χ2v) is 4.95. The minimum absolute atomic E-state index is 0.0714. The molecule has 1 aromatic rings. The summed E-state index contributed by atoms with van der Waals surface area (Å²) in [4.78, 5) is 0. The Morgan fingerprint density at radius 3 is 2.57 bits per heavy atom. The van der Waals surface area contributed by atoms with E-state index in [0.29, 0.717) is 5.69 Å². The van der Waals surface area contributed by atoms with Gasteiger partial charge in [-0.05, 0) is 37.8 Å². The van der Waals surface area contributed by atoms with Crippen LogP contribution in [-0.4, -0.2) is 6.10 Å². The molecular formula is C16H16FN3O. The van der Waals surface area contributed by atoms with Gasteiger partial charge < -0.3 is 10.1 Å². The molecule has 108 valence electrons. The van der Waals surface area contributed by atoms with Crippen LogP contribution in [0.2, 0.25) is 0 Å². The third-order valence-electron chi connectivity index (χ3n) is 3.40. The van der Waals surface area contributed by atoms with Gasteiger partial charge in [-0.3, -0.25) is 0 Å². The molecule has 21 heavy (non-hydrogen) atoms. The molecule has 4 nitrogen and oxygen atoms in total. The minimum atomic E-state index is -0.450. The molecule has 1 N–H and O–H groups in total. The van der Waals surface area contributed by atoms with Crippen LogP contribution in [0.25, 0.3) is 0 Å². The molecule has 1 fully saturated rings. The van der Waals surface area contributed by atoms with E-state index < -0.39 is 5.82 Å². The first-order valence-electron chi connectivity index (χ1n) is 6.96. The van der Waals surface area contributed by atoms with Crippen molar-refractivity contribution in [1.82, 2.24) is 0 Å². The van der Waals surface area contributed by atoms with Crippen LogP contribution in [0.15, 0.2) is 30.0 Å². The van der Waals surface area contributed by atoms with Gasteiger partial charge in [0.1, 0.15) is 17.7 Å². The Kier molecular flexibility index (Phi) is 5.17. The number of nitriles is 2. The predicted octanol–water partition coefficient (Wildman–Crippen LogP) is 3.88. The van der Waals surface area contributed by atoms with E-state index >= 15 is 0 Å². The second kappa shape index (κ2) is 7.31. The number of hydrogen-bond donors (Lipinski definition) is 1. The first-order valence-corrected chi connectivity index (χ1v) is 6.96. The maximum atomic E-state index is 14.0.